The van der Waals surface area contributed by atoms with E-state index in [1.807, 2.05) is 25.7 Å². The summed E-state index contributed by atoms with van der Waals surface area (Å²) in [5, 5.41) is 13.5. The summed E-state index contributed by atoms with van der Waals surface area (Å²) in [6.07, 6.45) is 8.87. The van der Waals surface area contributed by atoms with Gasteiger partial charge in [-0.1, -0.05) is 19.3 Å². The molecule has 2 atom stereocenters. The highest BCUT2D eigenvalue weighted by atomic mass is 16.6. The Labute approximate surface area is 153 Å². The molecule has 146 valence electrons. The molecule has 25 heavy (non-hydrogen) atoms. The van der Waals surface area contributed by atoms with Crippen molar-refractivity contribution in [2.45, 2.75) is 96.7 Å². The van der Waals surface area contributed by atoms with Crippen molar-refractivity contribution in [2.75, 3.05) is 19.7 Å². The van der Waals surface area contributed by atoms with Crippen molar-refractivity contribution in [1.29, 1.82) is 0 Å². The van der Waals surface area contributed by atoms with Crippen LogP contribution in [0.15, 0.2) is 0 Å². The predicted molar refractivity (Wildman–Crippen MR) is 101 cm³/mol. The largest absolute Gasteiger partial charge is 0.444 e. The van der Waals surface area contributed by atoms with E-state index >= 15 is 0 Å². The number of amides is 1. The summed E-state index contributed by atoms with van der Waals surface area (Å²) in [6, 6.07) is 0.590. The van der Waals surface area contributed by atoms with Crippen molar-refractivity contribution < 1.29 is 14.6 Å². The second-order valence-electron chi connectivity index (χ2n) is 9.21. The molecule has 1 saturated heterocycles. The minimum Gasteiger partial charge on any atom is -0.444 e. The lowest BCUT2D eigenvalue weighted by atomic mass is 9.74. The Morgan fingerprint density at radius 2 is 1.96 bits per heavy atom. The van der Waals surface area contributed by atoms with Gasteiger partial charge in [0.25, 0.3) is 0 Å². The molecule has 1 amide bonds. The summed E-state index contributed by atoms with van der Waals surface area (Å²) in [5.41, 5.74) is -0.379. The van der Waals surface area contributed by atoms with Crippen molar-refractivity contribution in [3.63, 3.8) is 0 Å². The van der Waals surface area contributed by atoms with Gasteiger partial charge in [0, 0.05) is 37.2 Å². The van der Waals surface area contributed by atoms with Gasteiger partial charge in [0.1, 0.15) is 5.60 Å². The highest BCUT2D eigenvalue weighted by Crippen LogP contribution is 2.35. The number of aliphatic hydroxyl groups excluding tert-OH is 1. The zero-order chi connectivity index (χ0) is 18.5. The van der Waals surface area contributed by atoms with Gasteiger partial charge in [-0.3, -0.25) is 0 Å². The molecule has 2 unspecified atom stereocenters. The van der Waals surface area contributed by atoms with Crippen molar-refractivity contribution in [3.05, 3.63) is 0 Å². The van der Waals surface area contributed by atoms with E-state index in [0.29, 0.717) is 6.04 Å². The van der Waals surface area contributed by atoms with Crippen molar-refractivity contribution >= 4 is 6.09 Å². The lowest BCUT2D eigenvalue weighted by molar-refractivity contribution is 0.0211. The Morgan fingerprint density at radius 1 is 1.28 bits per heavy atom. The highest BCUT2D eigenvalue weighted by molar-refractivity contribution is 5.68. The molecule has 5 nitrogen and oxygen atoms in total. The number of nitrogens with one attached hydrogen (secondary N) is 1. The van der Waals surface area contributed by atoms with E-state index in [4.69, 9.17) is 4.74 Å². The average molecular weight is 355 g/mol. The third kappa shape index (κ3) is 6.14. The van der Waals surface area contributed by atoms with Crippen LogP contribution in [-0.4, -0.2) is 53.5 Å². The van der Waals surface area contributed by atoms with Gasteiger partial charge in [0.05, 0.1) is 0 Å². The molecular weight excluding hydrogens is 316 g/mol. The third-order valence-corrected chi connectivity index (χ3v) is 5.71. The minimum absolute atomic E-state index is 0.0625. The van der Waals surface area contributed by atoms with Gasteiger partial charge in [0.2, 0.25) is 0 Å². The number of hydrogen-bond donors (Lipinski definition) is 2. The Hall–Kier alpha value is -0.810. The molecule has 2 aliphatic rings. The van der Waals surface area contributed by atoms with E-state index in [1.54, 1.807) is 0 Å². The van der Waals surface area contributed by atoms with Gasteiger partial charge in [-0.15, -0.1) is 0 Å². The van der Waals surface area contributed by atoms with Gasteiger partial charge in [0.15, 0.2) is 0 Å². The first-order chi connectivity index (χ1) is 11.7. The Bertz CT molecular complexity index is 427. The maximum atomic E-state index is 12.4. The molecule has 1 aliphatic heterocycles. The Morgan fingerprint density at radius 3 is 2.56 bits per heavy atom. The first kappa shape index (κ1) is 20.5. The molecular formula is C20H38N2O3. The Kier molecular flexibility index (Phi) is 7.15. The fourth-order valence-electron chi connectivity index (χ4n) is 4.22. The molecule has 2 rings (SSSR count). The van der Waals surface area contributed by atoms with Crippen LogP contribution < -0.4 is 5.32 Å². The van der Waals surface area contributed by atoms with Crippen LogP contribution in [0.25, 0.3) is 0 Å². The standard InChI is InChI=1S/C20H38N2O3/c1-16(21-14-20(15-23)10-6-5-7-11-20)13-17-9-8-12-22(17)18(24)25-19(2,3)4/h16-17,21,23H,5-15H2,1-4H3. The van der Waals surface area contributed by atoms with Crippen LogP contribution in [-0.2, 0) is 4.74 Å². The number of nitrogens with zero attached hydrogens (tertiary/aromatic N) is 1. The van der Waals surface area contributed by atoms with Gasteiger partial charge in [-0.05, 0) is 59.8 Å². The van der Waals surface area contributed by atoms with E-state index in [1.165, 1.54) is 19.3 Å². The maximum Gasteiger partial charge on any atom is 0.410 e. The van der Waals surface area contributed by atoms with E-state index in [9.17, 15) is 9.90 Å². The minimum atomic E-state index is -0.442. The molecule has 1 heterocycles. The molecule has 1 saturated carbocycles. The van der Waals surface area contributed by atoms with Crippen LogP contribution in [0.1, 0.15) is 79.1 Å². The molecule has 0 spiro atoms. The molecule has 0 aromatic carbocycles. The van der Waals surface area contributed by atoms with Crippen LogP contribution in [0.2, 0.25) is 0 Å². The van der Waals surface area contributed by atoms with E-state index in [2.05, 4.69) is 12.2 Å². The summed E-state index contributed by atoms with van der Waals surface area (Å²) in [5.74, 6) is 0. The van der Waals surface area contributed by atoms with Crippen LogP contribution in [0.3, 0.4) is 0 Å². The number of carbonyl (C=O) groups is 1. The topological polar surface area (TPSA) is 61.8 Å². The monoisotopic (exact) mass is 354 g/mol. The molecule has 0 aromatic rings. The third-order valence-electron chi connectivity index (χ3n) is 5.71. The summed E-state index contributed by atoms with van der Waals surface area (Å²) in [6.45, 7) is 9.90. The first-order valence-corrected chi connectivity index (χ1v) is 10.1. The maximum absolute atomic E-state index is 12.4. The highest BCUT2D eigenvalue weighted by Gasteiger charge is 2.34. The number of hydrogen-bond acceptors (Lipinski definition) is 4. The predicted octanol–water partition coefficient (Wildman–Crippen LogP) is 3.70. The second kappa shape index (κ2) is 8.72. The van der Waals surface area contributed by atoms with Gasteiger partial charge >= 0.3 is 6.09 Å². The van der Waals surface area contributed by atoms with E-state index in [-0.39, 0.29) is 24.2 Å². The van der Waals surface area contributed by atoms with E-state index < -0.39 is 5.60 Å². The SMILES string of the molecule is CC(CC1CCCN1C(=O)OC(C)(C)C)NCC1(CO)CCCCC1. The van der Waals surface area contributed by atoms with Crippen LogP contribution in [0.4, 0.5) is 4.79 Å². The second-order valence-corrected chi connectivity index (χ2v) is 9.21. The zero-order valence-corrected chi connectivity index (χ0v) is 16.6. The molecule has 5 heteroatoms. The normalized spacial score (nSPS) is 25.0. The molecule has 0 bridgehead atoms. The molecule has 0 aromatic heterocycles. The summed E-state index contributed by atoms with van der Waals surface area (Å²) in [4.78, 5) is 14.3. The van der Waals surface area contributed by atoms with Gasteiger partial charge in [-0.2, -0.15) is 0 Å². The lowest BCUT2D eigenvalue weighted by Gasteiger charge is -2.37. The molecule has 2 fully saturated rings. The zero-order valence-electron chi connectivity index (χ0n) is 16.6. The molecule has 0 radical (unpaired) electrons. The molecule has 2 N–H and O–H groups in total. The smallest absolute Gasteiger partial charge is 0.410 e. The number of rotatable bonds is 6. The number of aliphatic hydroxyl groups is 1. The van der Waals surface area contributed by atoms with Crippen molar-refractivity contribution in [3.8, 4) is 0 Å². The quantitative estimate of drug-likeness (QED) is 0.763. The first-order valence-electron chi connectivity index (χ1n) is 10.1. The van der Waals surface area contributed by atoms with Crippen LogP contribution in [0, 0.1) is 5.41 Å². The summed E-state index contributed by atoms with van der Waals surface area (Å²) in [7, 11) is 0. The van der Waals surface area contributed by atoms with Crippen molar-refractivity contribution in [2.24, 2.45) is 5.41 Å². The van der Waals surface area contributed by atoms with Crippen LogP contribution in [0.5, 0.6) is 0 Å². The van der Waals surface area contributed by atoms with Crippen molar-refractivity contribution in [1.82, 2.24) is 10.2 Å². The average Bonchev–Trinajstić information content (AvgIpc) is 3.00. The Balaban J connectivity index is 1.82. The summed E-state index contributed by atoms with van der Waals surface area (Å²) >= 11 is 0. The van der Waals surface area contributed by atoms with E-state index in [0.717, 1.165) is 45.2 Å². The number of likely N-dealkylation sites (tertiary alicyclic amines) is 1. The lowest BCUT2D eigenvalue weighted by Crippen LogP contribution is -2.45. The summed E-state index contributed by atoms with van der Waals surface area (Å²) < 4.78 is 5.56. The van der Waals surface area contributed by atoms with Gasteiger partial charge < -0.3 is 20.1 Å². The van der Waals surface area contributed by atoms with Crippen LogP contribution >= 0.6 is 0 Å². The fourth-order valence-corrected chi connectivity index (χ4v) is 4.22. The number of carbonyl (C=O) groups excluding carboxylic acids is 1. The fraction of sp³-hybridized carbons (Fsp3) is 0.950. The number of ether oxygens (including phenoxy) is 1. The van der Waals surface area contributed by atoms with Gasteiger partial charge in [-0.25, -0.2) is 4.79 Å². The molecule has 1 aliphatic carbocycles.